The van der Waals surface area contributed by atoms with E-state index in [-0.39, 0.29) is 6.09 Å². The molecule has 1 saturated heterocycles. The molecule has 0 aromatic heterocycles. The zero-order chi connectivity index (χ0) is 17.6. The Morgan fingerprint density at radius 1 is 1.17 bits per heavy atom. The Bertz CT molecular complexity index is 535. The Kier molecular flexibility index (Phi) is 6.31. The summed E-state index contributed by atoms with van der Waals surface area (Å²) >= 11 is 0. The number of carbonyl (C=O) groups is 1. The predicted molar refractivity (Wildman–Crippen MR) is 95.9 cm³/mol. The maximum Gasteiger partial charge on any atom is 0.407 e. The van der Waals surface area contributed by atoms with Gasteiger partial charge in [-0.05, 0) is 32.9 Å². The summed E-state index contributed by atoms with van der Waals surface area (Å²) < 4.78 is 10.7. The van der Waals surface area contributed by atoms with Gasteiger partial charge in [0.2, 0.25) is 0 Å². The van der Waals surface area contributed by atoms with Gasteiger partial charge < -0.3 is 19.7 Å². The number of hydrogen-bond donors (Lipinski definition) is 1. The van der Waals surface area contributed by atoms with Crippen molar-refractivity contribution in [1.29, 1.82) is 0 Å². The highest BCUT2D eigenvalue weighted by atomic mass is 16.6. The first-order valence-corrected chi connectivity index (χ1v) is 8.46. The second-order valence-electron chi connectivity index (χ2n) is 6.93. The topological polar surface area (TPSA) is 54.0 Å². The van der Waals surface area contributed by atoms with E-state index in [1.54, 1.807) is 7.11 Å². The molecule has 1 aliphatic heterocycles. The summed E-state index contributed by atoms with van der Waals surface area (Å²) in [5.74, 6) is 0.914. The first-order chi connectivity index (χ1) is 11.4. The van der Waals surface area contributed by atoms with Crippen LogP contribution in [0.2, 0.25) is 0 Å². The van der Waals surface area contributed by atoms with Crippen molar-refractivity contribution in [3.05, 3.63) is 24.3 Å². The number of alkyl carbamates (subject to hydrolysis) is 1. The number of rotatable bonds is 5. The van der Waals surface area contributed by atoms with Gasteiger partial charge in [0.25, 0.3) is 0 Å². The third-order valence-corrected chi connectivity index (χ3v) is 3.89. The molecule has 134 valence electrons. The fourth-order valence-electron chi connectivity index (χ4n) is 2.73. The molecular weight excluding hydrogens is 306 g/mol. The zero-order valence-electron chi connectivity index (χ0n) is 15.2. The molecule has 6 nitrogen and oxygen atoms in total. The molecule has 2 rings (SSSR count). The molecule has 0 radical (unpaired) electrons. The van der Waals surface area contributed by atoms with Crippen molar-refractivity contribution in [2.45, 2.75) is 26.4 Å². The largest absolute Gasteiger partial charge is 0.495 e. The SMILES string of the molecule is COc1ccccc1N1CCN(CCNC(=O)OC(C)(C)C)CC1. The lowest BCUT2D eigenvalue weighted by atomic mass is 10.2. The van der Waals surface area contributed by atoms with Crippen LogP contribution in [0.3, 0.4) is 0 Å². The van der Waals surface area contributed by atoms with Crippen molar-refractivity contribution in [1.82, 2.24) is 10.2 Å². The summed E-state index contributed by atoms with van der Waals surface area (Å²) in [4.78, 5) is 16.3. The smallest absolute Gasteiger partial charge is 0.407 e. The molecular formula is C18H29N3O3. The highest BCUT2D eigenvalue weighted by molar-refractivity contribution is 5.67. The van der Waals surface area contributed by atoms with Crippen molar-refractivity contribution in [3.8, 4) is 5.75 Å². The maximum atomic E-state index is 11.6. The average molecular weight is 335 g/mol. The molecule has 0 saturated carbocycles. The first-order valence-electron chi connectivity index (χ1n) is 8.46. The third kappa shape index (κ3) is 5.60. The quantitative estimate of drug-likeness (QED) is 0.895. The minimum absolute atomic E-state index is 0.352. The van der Waals surface area contributed by atoms with Gasteiger partial charge in [-0.25, -0.2) is 4.79 Å². The molecule has 0 atom stereocenters. The van der Waals surface area contributed by atoms with E-state index in [0.29, 0.717) is 6.54 Å². The third-order valence-electron chi connectivity index (χ3n) is 3.89. The summed E-state index contributed by atoms with van der Waals surface area (Å²) in [6.07, 6.45) is -0.352. The van der Waals surface area contributed by atoms with Gasteiger partial charge in [0, 0.05) is 39.3 Å². The van der Waals surface area contributed by atoms with E-state index in [0.717, 1.165) is 44.2 Å². The summed E-state index contributed by atoms with van der Waals surface area (Å²) in [6.45, 7) is 10.9. The van der Waals surface area contributed by atoms with E-state index >= 15 is 0 Å². The number of anilines is 1. The lowest BCUT2D eigenvalue weighted by Gasteiger charge is -2.36. The van der Waals surface area contributed by atoms with E-state index in [4.69, 9.17) is 9.47 Å². The highest BCUT2D eigenvalue weighted by Crippen LogP contribution is 2.28. The van der Waals surface area contributed by atoms with E-state index in [1.165, 1.54) is 0 Å². The molecule has 1 aliphatic rings. The van der Waals surface area contributed by atoms with Gasteiger partial charge in [0.05, 0.1) is 12.8 Å². The molecule has 0 bridgehead atoms. The van der Waals surface area contributed by atoms with Gasteiger partial charge in [0.1, 0.15) is 11.4 Å². The van der Waals surface area contributed by atoms with Crippen LogP contribution >= 0.6 is 0 Å². The molecule has 1 N–H and O–H groups in total. The number of carbonyl (C=O) groups excluding carboxylic acids is 1. The Labute approximate surface area is 144 Å². The molecule has 0 unspecified atom stereocenters. The number of nitrogens with one attached hydrogen (secondary N) is 1. The number of hydrogen-bond acceptors (Lipinski definition) is 5. The molecule has 0 aliphatic carbocycles. The van der Waals surface area contributed by atoms with Crippen molar-refractivity contribution in [2.75, 3.05) is 51.3 Å². The molecule has 1 amide bonds. The van der Waals surface area contributed by atoms with Gasteiger partial charge in [0.15, 0.2) is 0 Å². The van der Waals surface area contributed by atoms with Crippen molar-refractivity contribution in [3.63, 3.8) is 0 Å². The fourth-order valence-corrected chi connectivity index (χ4v) is 2.73. The average Bonchev–Trinajstić information content (AvgIpc) is 2.54. The first kappa shape index (κ1) is 18.4. The van der Waals surface area contributed by atoms with Gasteiger partial charge in [-0.1, -0.05) is 12.1 Å². The number of amides is 1. The second-order valence-corrected chi connectivity index (χ2v) is 6.93. The van der Waals surface area contributed by atoms with Crippen LogP contribution in [0.4, 0.5) is 10.5 Å². The number of piperazine rings is 1. The van der Waals surface area contributed by atoms with E-state index in [1.807, 2.05) is 39.0 Å². The van der Waals surface area contributed by atoms with Crippen molar-refractivity contribution < 1.29 is 14.3 Å². The molecule has 1 fully saturated rings. The van der Waals surface area contributed by atoms with Crippen LogP contribution in [-0.2, 0) is 4.74 Å². The summed E-state index contributed by atoms with van der Waals surface area (Å²) in [5, 5.41) is 2.81. The van der Waals surface area contributed by atoms with Crippen LogP contribution < -0.4 is 15.0 Å². The molecule has 0 spiro atoms. The predicted octanol–water partition coefficient (Wildman–Crippen LogP) is 2.34. The van der Waals surface area contributed by atoms with Crippen molar-refractivity contribution in [2.24, 2.45) is 0 Å². The molecule has 24 heavy (non-hydrogen) atoms. The molecule has 1 heterocycles. The van der Waals surface area contributed by atoms with E-state index < -0.39 is 5.60 Å². The van der Waals surface area contributed by atoms with Crippen LogP contribution in [-0.4, -0.2) is 63.0 Å². The van der Waals surface area contributed by atoms with Crippen LogP contribution in [0.15, 0.2) is 24.3 Å². The Morgan fingerprint density at radius 3 is 2.46 bits per heavy atom. The molecule has 1 aromatic rings. The van der Waals surface area contributed by atoms with Crippen LogP contribution in [0, 0.1) is 0 Å². The Hall–Kier alpha value is -1.95. The number of benzene rings is 1. The standard InChI is InChI=1S/C18H29N3O3/c1-18(2,3)24-17(22)19-9-10-20-11-13-21(14-12-20)15-7-5-6-8-16(15)23-4/h5-8H,9-14H2,1-4H3,(H,19,22). The second kappa shape index (κ2) is 8.24. The Balaban J connectivity index is 1.72. The lowest BCUT2D eigenvalue weighted by molar-refractivity contribution is 0.0521. The van der Waals surface area contributed by atoms with Crippen molar-refractivity contribution >= 4 is 11.8 Å². The van der Waals surface area contributed by atoms with Gasteiger partial charge >= 0.3 is 6.09 Å². The zero-order valence-corrected chi connectivity index (χ0v) is 15.2. The van der Waals surface area contributed by atoms with Crippen LogP contribution in [0.5, 0.6) is 5.75 Å². The lowest BCUT2D eigenvalue weighted by Crippen LogP contribution is -2.48. The summed E-state index contributed by atoms with van der Waals surface area (Å²) in [6, 6.07) is 8.11. The normalized spacial score (nSPS) is 15.9. The number of nitrogens with zero attached hydrogens (tertiary/aromatic N) is 2. The van der Waals surface area contributed by atoms with Gasteiger partial charge in [-0.15, -0.1) is 0 Å². The molecule has 1 aromatic carbocycles. The molecule has 6 heteroatoms. The van der Waals surface area contributed by atoms with E-state index in [2.05, 4.69) is 21.2 Å². The summed E-state index contributed by atoms with van der Waals surface area (Å²) in [7, 11) is 1.71. The van der Waals surface area contributed by atoms with Crippen LogP contribution in [0.1, 0.15) is 20.8 Å². The number of ether oxygens (including phenoxy) is 2. The number of para-hydroxylation sites is 2. The van der Waals surface area contributed by atoms with E-state index in [9.17, 15) is 4.79 Å². The van der Waals surface area contributed by atoms with Gasteiger partial charge in [-0.2, -0.15) is 0 Å². The monoisotopic (exact) mass is 335 g/mol. The minimum atomic E-state index is -0.454. The fraction of sp³-hybridized carbons (Fsp3) is 0.611. The Morgan fingerprint density at radius 2 is 1.83 bits per heavy atom. The highest BCUT2D eigenvalue weighted by Gasteiger charge is 2.20. The summed E-state index contributed by atoms with van der Waals surface area (Å²) in [5.41, 5.74) is 0.691. The minimum Gasteiger partial charge on any atom is -0.495 e. The number of methoxy groups -OCH3 is 1. The van der Waals surface area contributed by atoms with Gasteiger partial charge in [-0.3, -0.25) is 4.90 Å². The van der Waals surface area contributed by atoms with Crippen LogP contribution in [0.25, 0.3) is 0 Å². The maximum absolute atomic E-state index is 11.6.